The van der Waals surface area contributed by atoms with E-state index in [0.29, 0.717) is 11.0 Å². The maximum absolute atomic E-state index is 11.9. The minimum absolute atomic E-state index is 0.0334. The molecule has 2 aliphatic heterocycles. The third-order valence-electron chi connectivity index (χ3n) is 8.28. The van der Waals surface area contributed by atoms with Crippen molar-refractivity contribution in [1.29, 1.82) is 10.5 Å². The molecular formula is C27H31N11O12P-. The lowest BCUT2D eigenvalue weighted by Crippen LogP contribution is -2.41. The number of hydrogen-bond acceptors (Lipinski definition) is 19. The first-order valence-electron chi connectivity index (χ1n) is 14.7. The molecule has 0 radical (unpaired) electrons. The standard InChI is InChI=1S/C15H19N6O8P.C12H13N5O4/c1-7(14(24)25)20-30(26,27)28-4-9-11(22)12(23)15(5-16,29-9)10-3-2-8-13(17)18-6-19-21(8)10;13-4-12(10(20)9(19)7(3-18)21-12)8-2-1-6-11(14)15-5-16-17(6)8/h2-3,6-7,9,11-12,22-23H,4H2,1H3,(H,24,25)(H2,17,18,19)(H2,20,26,27);1-2,5,7,9-10,18-20H,3H2,(H2,14,15,16)/p-1/t7-,9+,11+,12+,15-;7-,9-,10-,12+/m01/s1. The number of aliphatic hydroxyl groups is 5. The highest BCUT2D eigenvalue weighted by Crippen LogP contribution is 2.43. The van der Waals surface area contributed by atoms with Crippen LogP contribution in [-0.4, -0.2) is 122 Å². The minimum Gasteiger partial charge on any atom is -0.766 e. The molecule has 0 aliphatic carbocycles. The zero-order valence-electron chi connectivity index (χ0n) is 26.2. The molecule has 23 nitrogen and oxygen atoms in total. The Kier molecular flexibility index (Phi) is 10.3. The van der Waals surface area contributed by atoms with Gasteiger partial charge >= 0.3 is 5.97 Å². The Bertz CT molecular complexity index is 2070. The largest absolute Gasteiger partial charge is 0.766 e. The van der Waals surface area contributed by atoms with Crippen LogP contribution in [-0.2, 0) is 34.6 Å². The molecule has 0 amide bonds. The van der Waals surface area contributed by atoms with Crippen molar-refractivity contribution in [1.82, 2.24) is 34.3 Å². The van der Waals surface area contributed by atoms with Crippen LogP contribution in [0.15, 0.2) is 36.9 Å². The molecule has 2 fully saturated rings. The van der Waals surface area contributed by atoms with Crippen molar-refractivity contribution in [3.05, 3.63) is 48.3 Å². The van der Waals surface area contributed by atoms with Crippen molar-refractivity contribution >= 4 is 36.4 Å². The number of fused-ring (bicyclic) bond motifs is 2. The molecule has 6 rings (SSSR count). The van der Waals surface area contributed by atoms with Gasteiger partial charge in [-0.05, 0) is 31.2 Å². The van der Waals surface area contributed by atoms with Crippen LogP contribution in [0, 0.1) is 22.7 Å². The molecule has 0 saturated carbocycles. The predicted molar refractivity (Wildman–Crippen MR) is 164 cm³/mol. The zero-order chi connectivity index (χ0) is 37.5. The van der Waals surface area contributed by atoms with E-state index in [1.165, 1.54) is 33.6 Å². The number of rotatable bonds is 9. The summed E-state index contributed by atoms with van der Waals surface area (Å²) in [4.78, 5) is 30.3. The van der Waals surface area contributed by atoms with Crippen LogP contribution in [0.2, 0.25) is 0 Å². The lowest BCUT2D eigenvalue weighted by atomic mass is 9.92. The first kappa shape index (κ1) is 37.4. The molecule has 1 unspecified atom stereocenters. The topological polar surface area (TPSA) is 378 Å². The second-order valence-electron chi connectivity index (χ2n) is 11.4. The fourth-order valence-electron chi connectivity index (χ4n) is 5.61. The second kappa shape index (κ2) is 14.0. The van der Waals surface area contributed by atoms with Crippen molar-refractivity contribution in [3.8, 4) is 12.1 Å². The highest BCUT2D eigenvalue weighted by atomic mass is 31.2. The number of hydrogen-bond donors (Lipinski definition) is 9. The number of aromatic nitrogens is 6. The van der Waals surface area contributed by atoms with Crippen molar-refractivity contribution in [3.63, 3.8) is 0 Å². The Labute approximate surface area is 286 Å². The number of carboxylic acid groups (broad SMARTS) is 1. The van der Waals surface area contributed by atoms with Gasteiger partial charge in [-0.1, -0.05) is 0 Å². The van der Waals surface area contributed by atoms with Crippen LogP contribution in [0.25, 0.3) is 11.0 Å². The lowest BCUT2D eigenvalue weighted by Gasteiger charge is -2.28. The van der Waals surface area contributed by atoms with Gasteiger partial charge in [0, 0.05) is 0 Å². The van der Waals surface area contributed by atoms with E-state index in [2.05, 4.69) is 24.7 Å². The number of anilines is 2. The third kappa shape index (κ3) is 6.44. The van der Waals surface area contributed by atoms with E-state index in [0.717, 1.165) is 13.3 Å². The summed E-state index contributed by atoms with van der Waals surface area (Å²) < 4.78 is 30.1. The van der Waals surface area contributed by atoms with Gasteiger partial charge in [-0.3, -0.25) is 9.36 Å². The van der Waals surface area contributed by atoms with E-state index < -0.39 is 80.8 Å². The summed E-state index contributed by atoms with van der Waals surface area (Å²) in [5.41, 5.74) is 8.52. The number of carboxylic acids is 1. The number of nitrogens with one attached hydrogen (secondary N) is 1. The van der Waals surface area contributed by atoms with E-state index in [-0.39, 0.29) is 23.0 Å². The van der Waals surface area contributed by atoms with Gasteiger partial charge in [0.25, 0.3) is 0 Å². The molecule has 272 valence electrons. The fourth-order valence-corrected chi connectivity index (χ4v) is 6.62. The third-order valence-corrected chi connectivity index (χ3v) is 9.48. The van der Waals surface area contributed by atoms with Gasteiger partial charge in [0.1, 0.15) is 78.5 Å². The number of nitrogens with two attached hydrogens (primary N) is 2. The second-order valence-corrected chi connectivity index (χ2v) is 12.9. The fraction of sp³-hybridized carbons (Fsp3) is 0.444. The number of nitriles is 2. The maximum atomic E-state index is 11.9. The van der Waals surface area contributed by atoms with E-state index in [1.807, 2.05) is 6.07 Å². The highest BCUT2D eigenvalue weighted by molar-refractivity contribution is 7.49. The van der Waals surface area contributed by atoms with Crippen LogP contribution in [0.3, 0.4) is 0 Å². The summed E-state index contributed by atoms with van der Waals surface area (Å²) in [6.45, 7) is -0.225. The average Bonchev–Trinajstić information content (AvgIpc) is 3.85. The maximum Gasteiger partial charge on any atom is 0.320 e. The molecular weight excluding hydrogens is 701 g/mol. The number of nitrogens with zero attached hydrogens (tertiary/aromatic N) is 8. The summed E-state index contributed by atoms with van der Waals surface area (Å²) in [7, 11) is -4.84. The summed E-state index contributed by atoms with van der Waals surface area (Å²) in [5.74, 6) is -1.12. The number of ether oxygens (including phenoxy) is 2. The van der Waals surface area contributed by atoms with Gasteiger partial charge in [-0.15, -0.1) is 0 Å². The molecule has 4 aromatic heterocycles. The lowest BCUT2D eigenvalue weighted by molar-refractivity contribution is -0.206. The van der Waals surface area contributed by atoms with Crippen molar-refractivity contribution in [2.75, 3.05) is 24.7 Å². The van der Waals surface area contributed by atoms with Crippen molar-refractivity contribution < 1.29 is 58.9 Å². The normalized spacial score (nSPS) is 30.6. The average molecular weight is 733 g/mol. The van der Waals surface area contributed by atoms with E-state index in [9.17, 15) is 50.3 Å². The highest BCUT2D eigenvalue weighted by Gasteiger charge is 2.58. The Morgan fingerprint density at radius 2 is 1.43 bits per heavy atom. The number of aliphatic hydroxyl groups excluding tert-OH is 5. The molecule has 2 saturated heterocycles. The summed E-state index contributed by atoms with van der Waals surface area (Å²) >= 11 is 0. The SMILES string of the molecule is C[C@H](NP(=O)([O-])OC[C@H]1O[C@@](C#N)(c2ccc3c(N)ncnn23)[C@H](O)[C@@H]1O)C(=O)O.N#C[C@@]1(c2ccc3c(N)ncnn23)O[C@H](CO)[C@@H](O)[C@H]1O. The van der Waals surface area contributed by atoms with Gasteiger partial charge < -0.3 is 61.0 Å². The van der Waals surface area contributed by atoms with E-state index in [4.69, 9.17) is 26.0 Å². The van der Waals surface area contributed by atoms with Gasteiger partial charge in [0.2, 0.25) is 18.9 Å². The molecule has 11 N–H and O–H groups in total. The van der Waals surface area contributed by atoms with Gasteiger partial charge in [0.05, 0.1) is 24.6 Å². The Morgan fingerprint density at radius 3 is 1.84 bits per heavy atom. The Hall–Kier alpha value is -4.88. The van der Waals surface area contributed by atoms with Gasteiger partial charge in [-0.2, -0.15) is 20.7 Å². The monoisotopic (exact) mass is 732 g/mol. The first-order chi connectivity index (χ1) is 24.1. The molecule has 0 aromatic carbocycles. The summed E-state index contributed by atoms with van der Waals surface area (Å²) in [6, 6.07) is 8.19. The smallest absolute Gasteiger partial charge is 0.320 e. The molecule has 0 bridgehead atoms. The van der Waals surface area contributed by atoms with Gasteiger partial charge in [-0.25, -0.2) is 24.1 Å². The molecule has 51 heavy (non-hydrogen) atoms. The van der Waals surface area contributed by atoms with Crippen LogP contribution in [0.4, 0.5) is 11.6 Å². The first-order valence-corrected chi connectivity index (χ1v) is 16.3. The molecule has 2 aliphatic rings. The van der Waals surface area contributed by atoms with Crippen LogP contribution < -0.4 is 21.4 Å². The zero-order valence-corrected chi connectivity index (χ0v) is 27.1. The van der Waals surface area contributed by atoms with E-state index >= 15 is 0 Å². The van der Waals surface area contributed by atoms with E-state index in [1.54, 1.807) is 17.2 Å². The molecule has 4 aromatic rings. The summed E-state index contributed by atoms with van der Waals surface area (Å²) in [6.07, 6.45) is -6.59. The molecule has 24 heteroatoms. The Morgan fingerprint density at radius 1 is 0.980 bits per heavy atom. The minimum atomic E-state index is -4.84. The Balaban J connectivity index is 0.000000210. The van der Waals surface area contributed by atoms with Gasteiger partial charge in [0.15, 0.2) is 11.6 Å². The number of carbonyl (C=O) groups is 1. The number of aliphatic carboxylic acids is 1. The molecule has 6 heterocycles. The van der Waals surface area contributed by atoms with Crippen molar-refractivity contribution in [2.45, 2.75) is 60.8 Å². The number of nitrogen functional groups attached to an aromatic ring is 2. The van der Waals surface area contributed by atoms with Crippen LogP contribution >= 0.6 is 7.75 Å². The quantitative estimate of drug-likeness (QED) is 0.0737. The van der Waals surface area contributed by atoms with Crippen molar-refractivity contribution in [2.24, 2.45) is 0 Å². The molecule has 10 atom stereocenters. The predicted octanol–water partition coefficient (Wildman–Crippen LogP) is -4.16. The van der Waals surface area contributed by atoms with Crippen LogP contribution in [0.5, 0.6) is 0 Å². The molecule has 0 spiro atoms. The summed E-state index contributed by atoms with van der Waals surface area (Å²) in [5, 5.41) is 88.0. The van der Waals surface area contributed by atoms with Crippen LogP contribution in [0.1, 0.15) is 18.3 Å².